The van der Waals surface area contributed by atoms with Crippen LogP contribution in [0.2, 0.25) is 0 Å². The van der Waals surface area contributed by atoms with E-state index >= 15 is 0 Å². The highest BCUT2D eigenvalue weighted by Gasteiger charge is 2.28. The maximum absolute atomic E-state index is 12.5. The SMILES string of the molecule is COc1ccccc1-c1cccc(NC(=O)C2CCN(C)C(=O)C2)c1. The molecule has 1 fully saturated rings. The van der Waals surface area contributed by atoms with Gasteiger partial charge in [-0.25, -0.2) is 0 Å². The average molecular weight is 338 g/mol. The molecule has 2 aromatic rings. The van der Waals surface area contributed by atoms with Gasteiger partial charge in [0.2, 0.25) is 11.8 Å². The van der Waals surface area contributed by atoms with Crippen LogP contribution in [0.5, 0.6) is 5.75 Å². The van der Waals surface area contributed by atoms with Crippen LogP contribution in [0, 0.1) is 5.92 Å². The van der Waals surface area contributed by atoms with Gasteiger partial charge in [-0.1, -0.05) is 30.3 Å². The van der Waals surface area contributed by atoms with Gasteiger partial charge < -0.3 is 15.0 Å². The lowest BCUT2D eigenvalue weighted by Gasteiger charge is -2.27. The standard InChI is InChI=1S/C20H22N2O3/c1-22-11-10-15(13-19(22)23)20(24)21-16-7-5-6-14(12-16)17-8-3-4-9-18(17)25-2/h3-9,12,15H,10-11,13H2,1-2H3,(H,21,24). The number of hydrogen-bond donors (Lipinski definition) is 1. The molecule has 5 heteroatoms. The third-order valence-electron chi connectivity index (χ3n) is 4.58. The molecule has 1 aliphatic rings. The maximum atomic E-state index is 12.5. The van der Waals surface area contributed by atoms with Gasteiger partial charge in [0, 0.05) is 37.2 Å². The minimum Gasteiger partial charge on any atom is -0.496 e. The fourth-order valence-corrected chi connectivity index (χ4v) is 3.06. The molecule has 3 rings (SSSR count). The van der Waals surface area contributed by atoms with Crippen LogP contribution in [0.3, 0.4) is 0 Å². The summed E-state index contributed by atoms with van der Waals surface area (Å²) in [6.45, 7) is 0.623. The van der Waals surface area contributed by atoms with Crippen LogP contribution in [-0.4, -0.2) is 37.4 Å². The summed E-state index contributed by atoms with van der Waals surface area (Å²) < 4.78 is 5.41. The molecule has 0 radical (unpaired) electrons. The fourth-order valence-electron chi connectivity index (χ4n) is 3.06. The van der Waals surface area contributed by atoms with Gasteiger partial charge in [0.25, 0.3) is 0 Å². The monoisotopic (exact) mass is 338 g/mol. The Morgan fingerprint density at radius 1 is 1.20 bits per heavy atom. The second-order valence-electron chi connectivity index (χ2n) is 6.28. The van der Waals surface area contributed by atoms with Crippen molar-refractivity contribution in [2.24, 2.45) is 5.92 Å². The van der Waals surface area contributed by atoms with Crippen molar-refractivity contribution < 1.29 is 14.3 Å². The van der Waals surface area contributed by atoms with E-state index in [1.54, 1.807) is 19.1 Å². The van der Waals surface area contributed by atoms with E-state index in [1.165, 1.54) is 0 Å². The minimum absolute atomic E-state index is 0.0224. The molecular weight excluding hydrogens is 316 g/mol. The number of benzene rings is 2. The average Bonchev–Trinajstić information content (AvgIpc) is 2.64. The van der Waals surface area contributed by atoms with E-state index in [0.717, 1.165) is 22.6 Å². The third-order valence-corrected chi connectivity index (χ3v) is 4.58. The van der Waals surface area contributed by atoms with Crippen LogP contribution < -0.4 is 10.1 Å². The van der Waals surface area contributed by atoms with Crippen LogP contribution in [0.4, 0.5) is 5.69 Å². The van der Waals surface area contributed by atoms with Crippen LogP contribution in [0.25, 0.3) is 11.1 Å². The van der Waals surface area contributed by atoms with Crippen molar-refractivity contribution in [3.05, 3.63) is 48.5 Å². The lowest BCUT2D eigenvalue weighted by Crippen LogP contribution is -2.39. The largest absolute Gasteiger partial charge is 0.496 e. The Kier molecular flexibility index (Phi) is 5.03. The van der Waals surface area contributed by atoms with E-state index in [-0.39, 0.29) is 24.2 Å². The Balaban J connectivity index is 1.76. The smallest absolute Gasteiger partial charge is 0.228 e. The number of likely N-dealkylation sites (tertiary alicyclic amines) is 1. The Morgan fingerprint density at radius 3 is 2.76 bits per heavy atom. The maximum Gasteiger partial charge on any atom is 0.228 e. The highest BCUT2D eigenvalue weighted by Crippen LogP contribution is 2.31. The zero-order valence-electron chi connectivity index (χ0n) is 14.5. The van der Waals surface area contributed by atoms with Gasteiger partial charge in [-0.15, -0.1) is 0 Å². The van der Waals surface area contributed by atoms with Crippen molar-refractivity contribution in [1.29, 1.82) is 0 Å². The number of nitrogens with zero attached hydrogens (tertiary/aromatic N) is 1. The molecule has 5 nitrogen and oxygen atoms in total. The number of nitrogens with one attached hydrogen (secondary N) is 1. The molecule has 1 unspecified atom stereocenters. The van der Waals surface area contributed by atoms with Crippen LogP contribution in [0.1, 0.15) is 12.8 Å². The van der Waals surface area contributed by atoms with Gasteiger partial charge in [0.15, 0.2) is 0 Å². The van der Waals surface area contributed by atoms with Crippen molar-refractivity contribution in [2.45, 2.75) is 12.8 Å². The summed E-state index contributed by atoms with van der Waals surface area (Å²) in [7, 11) is 3.41. The number of hydrogen-bond acceptors (Lipinski definition) is 3. The van der Waals surface area contributed by atoms with Gasteiger partial charge in [-0.2, -0.15) is 0 Å². The molecule has 1 aliphatic heterocycles. The van der Waals surface area contributed by atoms with Crippen LogP contribution >= 0.6 is 0 Å². The molecule has 0 bridgehead atoms. The van der Waals surface area contributed by atoms with E-state index < -0.39 is 0 Å². The molecule has 2 aromatic carbocycles. The number of ether oxygens (including phenoxy) is 1. The second-order valence-corrected chi connectivity index (χ2v) is 6.28. The van der Waals surface area contributed by atoms with Crippen molar-refractivity contribution in [3.8, 4) is 16.9 Å². The summed E-state index contributed by atoms with van der Waals surface area (Å²) >= 11 is 0. The molecule has 0 saturated carbocycles. The predicted octanol–water partition coefficient (Wildman–Crippen LogP) is 3.17. The van der Waals surface area contributed by atoms with Crippen molar-refractivity contribution in [1.82, 2.24) is 4.90 Å². The molecular formula is C20H22N2O3. The fraction of sp³-hybridized carbons (Fsp3) is 0.300. The lowest BCUT2D eigenvalue weighted by atomic mass is 9.95. The quantitative estimate of drug-likeness (QED) is 0.931. The van der Waals surface area contributed by atoms with Crippen molar-refractivity contribution in [3.63, 3.8) is 0 Å². The van der Waals surface area contributed by atoms with E-state index in [4.69, 9.17) is 4.74 Å². The molecule has 130 valence electrons. The number of methoxy groups -OCH3 is 1. The van der Waals surface area contributed by atoms with Crippen molar-refractivity contribution in [2.75, 3.05) is 26.0 Å². The number of carbonyl (C=O) groups excluding carboxylic acids is 2. The van der Waals surface area contributed by atoms with Crippen LogP contribution in [-0.2, 0) is 9.59 Å². The van der Waals surface area contributed by atoms with E-state index in [1.807, 2.05) is 48.5 Å². The normalized spacial score (nSPS) is 17.3. The highest BCUT2D eigenvalue weighted by atomic mass is 16.5. The highest BCUT2D eigenvalue weighted by molar-refractivity contribution is 5.96. The molecule has 1 N–H and O–H groups in total. The van der Waals surface area contributed by atoms with Gasteiger partial charge in [-0.05, 0) is 30.2 Å². The van der Waals surface area contributed by atoms with Gasteiger partial charge in [0.05, 0.1) is 7.11 Å². The lowest BCUT2D eigenvalue weighted by molar-refractivity contribution is -0.137. The topological polar surface area (TPSA) is 58.6 Å². The minimum atomic E-state index is -0.265. The number of amides is 2. The summed E-state index contributed by atoms with van der Waals surface area (Å²) in [6.07, 6.45) is 0.967. The summed E-state index contributed by atoms with van der Waals surface area (Å²) in [6, 6.07) is 15.4. The number of para-hydroxylation sites is 1. The van der Waals surface area contributed by atoms with Gasteiger partial charge in [-0.3, -0.25) is 9.59 Å². The zero-order chi connectivity index (χ0) is 17.8. The van der Waals surface area contributed by atoms with Gasteiger partial charge in [0.1, 0.15) is 5.75 Å². The van der Waals surface area contributed by atoms with E-state index in [2.05, 4.69) is 5.32 Å². The molecule has 1 saturated heterocycles. The first-order chi connectivity index (χ1) is 12.1. The molecule has 0 spiro atoms. The van der Waals surface area contributed by atoms with E-state index in [0.29, 0.717) is 13.0 Å². The molecule has 0 aromatic heterocycles. The molecule has 2 amide bonds. The van der Waals surface area contributed by atoms with E-state index in [9.17, 15) is 9.59 Å². The molecule has 0 aliphatic carbocycles. The number of carbonyl (C=O) groups is 2. The second kappa shape index (κ2) is 7.38. The number of anilines is 1. The Morgan fingerprint density at radius 2 is 2.00 bits per heavy atom. The third kappa shape index (κ3) is 3.82. The Bertz CT molecular complexity index is 788. The summed E-state index contributed by atoms with van der Waals surface area (Å²) in [4.78, 5) is 26.0. The first-order valence-corrected chi connectivity index (χ1v) is 8.37. The zero-order valence-corrected chi connectivity index (χ0v) is 14.5. The summed E-state index contributed by atoms with van der Waals surface area (Å²) in [5.41, 5.74) is 2.66. The first-order valence-electron chi connectivity index (χ1n) is 8.37. The summed E-state index contributed by atoms with van der Waals surface area (Å²) in [5, 5.41) is 2.94. The molecule has 25 heavy (non-hydrogen) atoms. The van der Waals surface area contributed by atoms with Crippen molar-refractivity contribution >= 4 is 17.5 Å². The Hall–Kier alpha value is -2.82. The number of piperidine rings is 1. The first kappa shape index (κ1) is 17.0. The molecule has 1 atom stereocenters. The predicted molar refractivity (Wildman–Crippen MR) is 97.4 cm³/mol. The van der Waals surface area contributed by atoms with Gasteiger partial charge >= 0.3 is 0 Å². The Labute approximate surface area is 147 Å². The molecule has 1 heterocycles. The van der Waals surface area contributed by atoms with Crippen LogP contribution in [0.15, 0.2) is 48.5 Å². The summed E-state index contributed by atoms with van der Waals surface area (Å²) in [5.74, 6) is 0.443. The number of rotatable bonds is 4.